The fraction of sp³-hybridized carbons (Fsp3) is 0.276. The number of aromatic amines is 1. The summed E-state index contributed by atoms with van der Waals surface area (Å²) in [6.07, 6.45) is 0. The molecule has 0 fully saturated rings. The van der Waals surface area contributed by atoms with Crippen LogP contribution in [-0.2, 0) is 20.2 Å². The third-order valence-electron chi connectivity index (χ3n) is 7.01. The lowest BCUT2D eigenvalue weighted by Gasteiger charge is -2.26. The number of benzene rings is 3. The smallest absolute Gasteiger partial charge is 0.269 e. The molecule has 0 aliphatic rings. The molecule has 10 heteroatoms. The maximum atomic E-state index is 13.0. The second-order valence-corrected chi connectivity index (χ2v) is 12.2. The van der Waals surface area contributed by atoms with Gasteiger partial charge in [0.25, 0.3) is 5.69 Å². The number of H-pyrrole nitrogens is 1. The molecule has 1 atom stereocenters. The van der Waals surface area contributed by atoms with Crippen LogP contribution in [0.25, 0.3) is 22.2 Å². The fourth-order valence-corrected chi connectivity index (χ4v) is 5.88. The van der Waals surface area contributed by atoms with Gasteiger partial charge in [0.2, 0.25) is 10.0 Å². The average Bonchev–Trinajstić information content (AvgIpc) is 3.26. The molecule has 0 saturated carbocycles. The van der Waals surface area contributed by atoms with Crippen molar-refractivity contribution < 1.29 is 23.2 Å². The van der Waals surface area contributed by atoms with Crippen LogP contribution in [0.3, 0.4) is 0 Å². The van der Waals surface area contributed by atoms with Crippen LogP contribution in [0.1, 0.15) is 48.9 Å². The van der Waals surface area contributed by atoms with Crippen molar-refractivity contribution in [1.29, 1.82) is 0 Å². The lowest BCUT2D eigenvalue weighted by atomic mass is 9.83. The monoisotopic (exact) mass is 548 g/mol. The van der Waals surface area contributed by atoms with Gasteiger partial charge in [0.1, 0.15) is 0 Å². The van der Waals surface area contributed by atoms with Crippen LogP contribution in [-0.4, -0.2) is 30.8 Å². The minimum atomic E-state index is -3.94. The normalized spacial score (nSPS) is 12.9. The number of aromatic nitrogens is 1. The van der Waals surface area contributed by atoms with E-state index >= 15 is 0 Å². The zero-order valence-corrected chi connectivity index (χ0v) is 23.2. The maximum Gasteiger partial charge on any atom is 0.269 e. The molecule has 1 aromatic heterocycles. The van der Waals surface area contributed by atoms with Crippen molar-refractivity contribution in [2.45, 2.75) is 50.8 Å². The van der Waals surface area contributed by atoms with Gasteiger partial charge in [-0.05, 0) is 72.9 Å². The van der Waals surface area contributed by atoms with E-state index in [-0.39, 0.29) is 23.0 Å². The number of carbonyl (C=O) groups excluding carboxylic acids is 1. The minimum absolute atomic E-state index is 0.0399. The van der Waals surface area contributed by atoms with E-state index in [0.717, 1.165) is 51.0 Å². The molecule has 1 unspecified atom stereocenters. The van der Waals surface area contributed by atoms with Gasteiger partial charge in [0.15, 0.2) is 0 Å². The molecule has 0 aliphatic carbocycles. The number of nitro benzene ring substituents is 1. The van der Waals surface area contributed by atoms with Gasteiger partial charge >= 0.3 is 0 Å². The Morgan fingerprint density at radius 2 is 1.64 bits per heavy atom. The number of sulfonamides is 1. The molecular formula is C29H30N3O6S-. The summed E-state index contributed by atoms with van der Waals surface area (Å²) in [5, 5.41) is 23.6. The van der Waals surface area contributed by atoms with Crippen molar-refractivity contribution in [2.24, 2.45) is 0 Å². The second-order valence-electron chi connectivity index (χ2n) is 10.5. The molecule has 204 valence electrons. The van der Waals surface area contributed by atoms with Gasteiger partial charge in [-0.15, -0.1) is 0 Å². The molecule has 9 nitrogen and oxygen atoms in total. The predicted octanol–water partition coefficient (Wildman–Crippen LogP) is 4.47. The molecule has 0 saturated heterocycles. The lowest BCUT2D eigenvalue weighted by Crippen LogP contribution is -2.41. The van der Waals surface area contributed by atoms with Crippen molar-refractivity contribution in [2.75, 3.05) is 6.54 Å². The molecule has 39 heavy (non-hydrogen) atoms. The third kappa shape index (κ3) is 5.57. The van der Waals surface area contributed by atoms with Gasteiger partial charge in [0.05, 0.1) is 21.5 Å². The number of nitro groups is 1. The number of carboxylic acid groups (broad SMARTS) is 1. The number of hydrogen-bond donors (Lipinski definition) is 2. The van der Waals surface area contributed by atoms with Crippen molar-refractivity contribution in [1.82, 2.24) is 9.71 Å². The number of carboxylic acids is 1. The Kier molecular flexibility index (Phi) is 7.38. The Bertz CT molecular complexity index is 1670. The van der Waals surface area contributed by atoms with E-state index in [4.69, 9.17) is 0 Å². The van der Waals surface area contributed by atoms with Crippen LogP contribution >= 0.6 is 0 Å². The fourth-order valence-electron chi connectivity index (χ4n) is 4.75. The number of aliphatic carboxylic acids is 1. The van der Waals surface area contributed by atoms with E-state index in [0.29, 0.717) is 5.56 Å². The topological polar surface area (TPSA) is 145 Å². The molecule has 4 rings (SSSR count). The average molecular weight is 549 g/mol. The first kappa shape index (κ1) is 28.0. The highest BCUT2D eigenvalue weighted by atomic mass is 32.2. The summed E-state index contributed by atoms with van der Waals surface area (Å²) in [4.78, 5) is 25.6. The van der Waals surface area contributed by atoms with Crippen LogP contribution in [0, 0.1) is 24.0 Å². The number of rotatable bonds is 9. The summed E-state index contributed by atoms with van der Waals surface area (Å²) < 4.78 is 28.6. The highest BCUT2D eigenvalue weighted by molar-refractivity contribution is 7.89. The van der Waals surface area contributed by atoms with E-state index in [1.165, 1.54) is 12.1 Å². The summed E-state index contributed by atoms with van der Waals surface area (Å²) in [7, 11) is -3.94. The SMILES string of the molecule is Cc1cc(C)cc(-c2[nH]c3ccc(C(C)(C)C(=O)[O-])cc3c2C(C)CNS(=O)(=O)c2ccc([N+](=O)[O-])cc2)c1. The number of carbonyl (C=O) groups is 1. The van der Waals surface area contributed by atoms with Crippen molar-refractivity contribution in [3.8, 4) is 11.3 Å². The number of nitrogens with one attached hydrogen (secondary N) is 2. The van der Waals surface area contributed by atoms with Crippen molar-refractivity contribution in [3.05, 3.63) is 93.0 Å². The van der Waals surface area contributed by atoms with Gasteiger partial charge in [0, 0.05) is 35.0 Å². The van der Waals surface area contributed by atoms with Gasteiger partial charge in [-0.25, -0.2) is 13.1 Å². The zero-order valence-electron chi connectivity index (χ0n) is 22.4. The molecule has 0 amide bonds. The summed E-state index contributed by atoms with van der Waals surface area (Å²) in [6.45, 7) is 9.11. The summed E-state index contributed by atoms with van der Waals surface area (Å²) in [5.74, 6) is -1.53. The molecule has 1 heterocycles. The standard InChI is InChI=1S/C29H31N3O6S/c1-17-12-18(2)14-20(13-17)27-26(24-15-21(6-11-25(24)31-27)29(4,5)28(33)34)19(3)16-30-39(37,38)23-9-7-22(8-10-23)32(35)36/h6-15,19,30-31H,16H2,1-5H3,(H,33,34)/p-1. The van der Waals surface area contributed by atoms with E-state index in [1.54, 1.807) is 19.9 Å². The summed E-state index contributed by atoms with van der Waals surface area (Å²) in [6, 6.07) is 16.3. The van der Waals surface area contributed by atoms with E-state index in [2.05, 4.69) is 15.8 Å². The van der Waals surface area contributed by atoms with Gasteiger partial charge < -0.3 is 14.9 Å². The van der Waals surface area contributed by atoms with Crippen LogP contribution < -0.4 is 9.83 Å². The highest BCUT2D eigenvalue weighted by Gasteiger charge is 2.26. The lowest BCUT2D eigenvalue weighted by molar-refractivity contribution is -0.384. The molecular weight excluding hydrogens is 518 g/mol. The van der Waals surface area contributed by atoms with Crippen LogP contribution in [0.2, 0.25) is 0 Å². The molecule has 0 spiro atoms. The molecule has 0 radical (unpaired) electrons. The summed E-state index contributed by atoms with van der Waals surface area (Å²) in [5.41, 5.74) is 4.67. The van der Waals surface area contributed by atoms with E-state index in [9.17, 15) is 28.4 Å². The molecule has 3 aromatic carbocycles. The second kappa shape index (κ2) is 10.3. The van der Waals surface area contributed by atoms with Crippen LogP contribution in [0.15, 0.2) is 65.6 Å². The Labute approximate surface area is 227 Å². The number of hydrogen-bond acceptors (Lipinski definition) is 6. The first-order valence-corrected chi connectivity index (χ1v) is 13.9. The van der Waals surface area contributed by atoms with Crippen LogP contribution in [0.4, 0.5) is 5.69 Å². The van der Waals surface area contributed by atoms with E-state index in [1.807, 2.05) is 45.0 Å². The molecule has 0 aliphatic heterocycles. The molecule has 0 bridgehead atoms. The quantitative estimate of drug-likeness (QED) is 0.233. The summed E-state index contributed by atoms with van der Waals surface area (Å²) >= 11 is 0. The Balaban J connectivity index is 1.78. The molecule has 4 aromatic rings. The first-order chi connectivity index (χ1) is 18.2. The van der Waals surface area contributed by atoms with Crippen LogP contribution in [0.5, 0.6) is 0 Å². The Morgan fingerprint density at radius 3 is 2.21 bits per heavy atom. The number of fused-ring (bicyclic) bond motifs is 1. The van der Waals surface area contributed by atoms with Gasteiger partial charge in [-0.2, -0.15) is 0 Å². The number of non-ortho nitro benzene ring substituents is 1. The molecule has 2 N–H and O–H groups in total. The number of nitrogens with zero attached hydrogens (tertiary/aromatic N) is 1. The Morgan fingerprint density at radius 1 is 1.03 bits per heavy atom. The maximum absolute atomic E-state index is 13.0. The Hall–Kier alpha value is -4.02. The third-order valence-corrected chi connectivity index (χ3v) is 8.45. The van der Waals surface area contributed by atoms with Crippen molar-refractivity contribution in [3.63, 3.8) is 0 Å². The largest absolute Gasteiger partial charge is 0.549 e. The number of aryl methyl sites for hydroxylation is 2. The predicted molar refractivity (Wildman–Crippen MR) is 148 cm³/mol. The van der Waals surface area contributed by atoms with Gasteiger partial charge in [-0.3, -0.25) is 10.1 Å². The van der Waals surface area contributed by atoms with Crippen molar-refractivity contribution >= 4 is 32.6 Å². The minimum Gasteiger partial charge on any atom is -0.549 e. The first-order valence-electron chi connectivity index (χ1n) is 12.4. The highest BCUT2D eigenvalue weighted by Crippen LogP contribution is 2.38. The van der Waals surface area contributed by atoms with Gasteiger partial charge in [-0.1, -0.05) is 44.0 Å². The zero-order chi connectivity index (χ0) is 28.7. The van der Waals surface area contributed by atoms with E-state index < -0.39 is 26.3 Å².